The lowest BCUT2D eigenvalue weighted by Crippen LogP contribution is -2.51. The number of hydrogen-bond acceptors (Lipinski definition) is 4. The fourth-order valence-corrected chi connectivity index (χ4v) is 3.17. The van der Waals surface area contributed by atoms with Gasteiger partial charge in [-0.15, -0.1) is 0 Å². The second-order valence-electron chi connectivity index (χ2n) is 6.18. The van der Waals surface area contributed by atoms with Crippen LogP contribution in [0.25, 0.3) is 0 Å². The van der Waals surface area contributed by atoms with E-state index >= 15 is 0 Å². The van der Waals surface area contributed by atoms with Crippen LogP contribution in [-0.2, 0) is 9.53 Å². The summed E-state index contributed by atoms with van der Waals surface area (Å²) < 4.78 is 5.24. The largest absolute Gasteiger partial charge is 0.465 e. The summed E-state index contributed by atoms with van der Waals surface area (Å²) in [5.74, 6) is -0.0692. The number of ether oxygens (including phenoxy) is 1. The number of nitrogens with one attached hydrogen (secondary N) is 1. The van der Waals surface area contributed by atoms with Crippen LogP contribution in [0.2, 0.25) is 0 Å². The number of rotatable bonds is 8. The van der Waals surface area contributed by atoms with Crippen molar-refractivity contribution in [3.05, 3.63) is 0 Å². The zero-order valence-corrected chi connectivity index (χ0v) is 13.1. The highest BCUT2D eigenvalue weighted by Gasteiger charge is 2.32. The molecule has 2 fully saturated rings. The van der Waals surface area contributed by atoms with E-state index in [1.807, 2.05) is 6.92 Å². The zero-order valence-electron chi connectivity index (χ0n) is 13.1. The minimum absolute atomic E-state index is 0.0692. The molecule has 0 bridgehead atoms. The molecule has 4 heteroatoms. The van der Waals surface area contributed by atoms with E-state index in [1.165, 1.54) is 44.9 Å². The van der Waals surface area contributed by atoms with Crippen LogP contribution in [0.3, 0.4) is 0 Å². The summed E-state index contributed by atoms with van der Waals surface area (Å²) in [7, 11) is 0. The molecule has 20 heavy (non-hydrogen) atoms. The molecular weight excluding hydrogens is 252 g/mol. The van der Waals surface area contributed by atoms with E-state index in [4.69, 9.17) is 4.74 Å². The van der Waals surface area contributed by atoms with Gasteiger partial charge >= 0.3 is 5.97 Å². The van der Waals surface area contributed by atoms with Gasteiger partial charge in [-0.2, -0.15) is 0 Å². The van der Waals surface area contributed by atoms with Gasteiger partial charge in [0.05, 0.1) is 6.61 Å². The topological polar surface area (TPSA) is 41.6 Å². The molecule has 1 aliphatic heterocycles. The quantitative estimate of drug-likeness (QED) is 0.694. The number of carbonyl (C=O) groups is 1. The summed E-state index contributed by atoms with van der Waals surface area (Å²) >= 11 is 0. The molecule has 1 N–H and O–H groups in total. The minimum Gasteiger partial charge on any atom is -0.465 e. The van der Waals surface area contributed by atoms with Crippen LogP contribution in [0.4, 0.5) is 0 Å². The maximum absolute atomic E-state index is 12.1. The predicted octanol–water partition coefficient (Wildman–Crippen LogP) is 2.32. The van der Waals surface area contributed by atoms with Gasteiger partial charge in [-0.25, -0.2) is 0 Å². The van der Waals surface area contributed by atoms with Crippen molar-refractivity contribution in [2.45, 2.75) is 76.9 Å². The summed E-state index contributed by atoms with van der Waals surface area (Å²) in [5.41, 5.74) is 0. The molecule has 1 aliphatic carbocycles. The molecule has 0 aromatic carbocycles. The molecule has 1 saturated heterocycles. The molecule has 2 rings (SSSR count). The first kappa shape index (κ1) is 15.8. The molecule has 0 aromatic heterocycles. The molecule has 0 spiro atoms. The number of esters is 1. The second kappa shape index (κ2) is 7.99. The van der Waals surface area contributed by atoms with Gasteiger partial charge in [0, 0.05) is 18.6 Å². The SMILES string of the molecule is CCCC1CCCCN1CC(NC1CC1)C(=O)OCC. The Kier molecular flexibility index (Phi) is 6.30. The molecule has 1 saturated carbocycles. The predicted molar refractivity (Wildman–Crippen MR) is 80.7 cm³/mol. The van der Waals surface area contributed by atoms with Crippen molar-refractivity contribution in [2.24, 2.45) is 0 Å². The number of piperidine rings is 1. The Labute approximate surface area is 123 Å². The van der Waals surface area contributed by atoms with E-state index in [1.54, 1.807) is 0 Å². The summed E-state index contributed by atoms with van der Waals surface area (Å²) in [6.45, 7) is 6.55. The molecule has 2 unspecified atom stereocenters. The minimum atomic E-state index is -0.139. The molecule has 2 aliphatic rings. The van der Waals surface area contributed by atoms with E-state index in [9.17, 15) is 4.79 Å². The van der Waals surface area contributed by atoms with Crippen molar-refractivity contribution in [2.75, 3.05) is 19.7 Å². The van der Waals surface area contributed by atoms with Crippen molar-refractivity contribution >= 4 is 5.97 Å². The highest BCUT2D eigenvalue weighted by Crippen LogP contribution is 2.23. The van der Waals surface area contributed by atoms with Crippen molar-refractivity contribution in [3.63, 3.8) is 0 Å². The average Bonchev–Trinajstić information content (AvgIpc) is 3.25. The third-order valence-electron chi connectivity index (χ3n) is 4.37. The lowest BCUT2D eigenvalue weighted by molar-refractivity contribution is -0.146. The van der Waals surface area contributed by atoms with E-state index in [2.05, 4.69) is 17.1 Å². The third kappa shape index (κ3) is 4.74. The first-order chi connectivity index (χ1) is 9.74. The summed E-state index contributed by atoms with van der Waals surface area (Å²) in [4.78, 5) is 14.7. The second-order valence-corrected chi connectivity index (χ2v) is 6.18. The van der Waals surface area contributed by atoms with Gasteiger partial charge in [0.25, 0.3) is 0 Å². The van der Waals surface area contributed by atoms with Gasteiger partial charge in [-0.1, -0.05) is 19.8 Å². The van der Waals surface area contributed by atoms with Gasteiger partial charge in [-0.05, 0) is 45.6 Å². The van der Waals surface area contributed by atoms with Gasteiger partial charge < -0.3 is 10.1 Å². The lowest BCUT2D eigenvalue weighted by atomic mass is 9.97. The Balaban J connectivity index is 1.91. The van der Waals surface area contributed by atoms with E-state index in [0.29, 0.717) is 18.7 Å². The summed E-state index contributed by atoms with van der Waals surface area (Å²) in [6, 6.07) is 1.06. The fourth-order valence-electron chi connectivity index (χ4n) is 3.17. The Morgan fingerprint density at radius 3 is 2.75 bits per heavy atom. The Hall–Kier alpha value is -0.610. The molecule has 0 amide bonds. The van der Waals surface area contributed by atoms with E-state index in [0.717, 1.165) is 13.1 Å². The van der Waals surface area contributed by atoms with Crippen LogP contribution in [0.1, 0.15) is 58.8 Å². The lowest BCUT2D eigenvalue weighted by Gasteiger charge is -2.37. The van der Waals surface area contributed by atoms with Crippen molar-refractivity contribution in [3.8, 4) is 0 Å². The molecule has 116 valence electrons. The van der Waals surface area contributed by atoms with Crippen LogP contribution >= 0.6 is 0 Å². The van der Waals surface area contributed by atoms with Gasteiger partial charge in [-0.3, -0.25) is 9.69 Å². The third-order valence-corrected chi connectivity index (χ3v) is 4.37. The normalized spacial score (nSPS) is 25.4. The average molecular weight is 282 g/mol. The zero-order chi connectivity index (χ0) is 14.4. The van der Waals surface area contributed by atoms with E-state index < -0.39 is 0 Å². The Morgan fingerprint density at radius 2 is 2.10 bits per heavy atom. The maximum atomic E-state index is 12.1. The molecular formula is C16H30N2O2. The first-order valence-electron chi connectivity index (χ1n) is 8.41. The fraction of sp³-hybridized carbons (Fsp3) is 0.938. The summed E-state index contributed by atoms with van der Waals surface area (Å²) in [6.07, 6.45) is 8.76. The Morgan fingerprint density at radius 1 is 1.30 bits per heavy atom. The highest BCUT2D eigenvalue weighted by molar-refractivity contribution is 5.76. The monoisotopic (exact) mass is 282 g/mol. The maximum Gasteiger partial charge on any atom is 0.324 e. The van der Waals surface area contributed by atoms with Gasteiger partial charge in [0.1, 0.15) is 6.04 Å². The number of nitrogens with zero attached hydrogens (tertiary/aromatic N) is 1. The highest BCUT2D eigenvalue weighted by atomic mass is 16.5. The molecule has 0 radical (unpaired) electrons. The van der Waals surface area contributed by atoms with Crippen LogP contribution in [0.5, 0.6) is 0 Å². The number of likely N-dealkylation sites (tertiary alicyclic amines) is 1. The molecule has 0 aromatic rings. The number of hydrogen-bond donors (Lipinski definition) is 1. The van der Waals surface area contributed by atoms with Crippen molar-refractivity contribution in [1.82, 2.24) is 10.2 Å². The standard InChI is InChI=1S/C16H30N2O2/c1-3-7-14-8-5-6-11-18(14)12-15(16(19)20-4-2)17-13-9-10-13/h13-15,17H,3-12H2,1-2H3. The van der Waals surface area contributed by atoms with Crippen molar-refractivity contribution in [1.29, 1.82) is 0 Å². The van der Waals surface area contributed by atoms with Crippen LogP contribution in [0, 0.1) is 0 Å². The van der Waals surface area contributed by atoms with E-state index in [-0.39, 0.29) is 12.0 Å². The molecule has 4 nitrogen and oxygen atoms in total. The molecule has 1 heterocycles. The first-order valence-corrected chi connectivity index (χ1v) is 8.41. The van der Waals surface area contributed by atoms with Gasteiger partial charge in [0.15, 0.2) is 0 Å². The van der Waals surface area contributed by atoms with Gasteiger partial charge in [0.2, 0.25) is 0 Å². The molecule has 2 atom stereocenters. The summed E-state index contributed by atoms with van der Waals surface area (Å²) in [5, 5.41) is 3.47. The van der Waals surface area contributed by atoms with Crippen LogP contribution in [-0.4, -0.2) is 48.7 Å². The Bertz CT molecular complexity index is 303. The van der Waals surface area contributed by atoms with Crippen LogP contribution < -0.4 is 5.32 Å². The number of carbonyl (C=O) groups excluding carboxylic acids is 1. The van der Waals surface area contributed by atoms with Crippen molar-refractivity contribution < 1.29 is 9.53 Å². The van der Waals surface area contributed by atoms with Crippen LogP contribution in [0.15, 0.2) is 0 Å². The smallest absolute Gasteiger partial charge is 0.324 e.